The summed E-state index contributed by atoms with van der Waals surface area (Å²) in [5.74, 6) is -1.77. The number of carboxylic acid groups (broad SMARTS) is 1. The first-order valence-corrected chi connectivity index (χ1v) is 6.55. The van der Waals surface area contributed by atoms with Crippen molar-refractivity contribution in [2.24, 2.45) is 0 Å². The van der Waals surface area contributed by atoms with Crippen molar-refractivity contribution in [2.45, 2.75) is 18.7 Å². The van der Waals surface area contributed by atoms with Gasteiger partial charge in [0.25, 0.3) is 0 Å². The van der Waals surface area contributed by atoms with E-state index in [-0.39, 0.29) is 16.0 Å². The number of hydrogen-bond donors (Lipinski definition) is 1. The zero-order valence-corrected chi connectivity index (χ0v) is 11.1. The lowest BCUT2D eigenvalue weighted by Crippen LogP contribution is -2.32. The van der Waals surface area contributed by atoms with E-state index in [9.17, 15) is 17.6 Å². The Labute approximate surface area is 105 Å². The van der Waals surface area contributed by atoms with Crippen molar-refractivity contribution >= 4 is 16.0 Å². The zero-order chi connectivity index (χ0) is 14.1. The minimum atomic E-state index is -3.93. The Hall–Kier alpha value is -1.47. The van der Waals surface area contributed by atoms with Crippen LogP contribution in [-0.4, -0.2) is 37.4 Å². The Kier molecular flexibility index (Phi) is 4.08. The third-order valence-electron chi connectivity index (χ3n) is 2.45. The second-order valence-corrected chi connectivity index (χ2v) is 6.01. The van der Waals surface area contributed by atoms with Gasteiger partial charge in [-0.05, 0) is 37.1 Å². The van der Waals surface area contributed by atoms with Crippen LogP contribution in [0.1, 0.15) is 11.1 Å². The number of rotatable bonds is 4. The third kappa shape index (κ3) is 2.85. The lowest BCUT2D eigenvalue weighted by atomic mass is 10.1. The monoisotopic (exact) mass is 275 g/mol. The summed E-state index contributed by atoms with van der Waals surface area (Å²) in [4.78, 5) is 10.5. The highest BCUT2D eigenvalue weighted by molar-refractivity contribution is 7.89. The fraction of sp³-hybridized carbons (Fsp3) is 0.364. The second kappa shape index (κ2) is 5.03. The van der Waals surface area contributed by atoms with Gasteiger partial charge in [-0.25, -0.2) is 12.8 Å². The van der Waals surface area contributed by atoms with Gasteiger partial charge >= 0.3 is 5.97 Å². The number of aryl methyl sites for hydroxylation is 2. The van der Waals surface area contributed by atoms with Crippen LogP contribution >= 0.6 is 0 Å². The van der Waals surface area contributed by atoms with Crippen molar-refractivity contribution in [3.8, 4) is 0 Å². The highest BCUT2D eigenvalue weighted by Gasteiger charge is 2.26. The standard InChI is InChI=1S/C11H14FNO4S/c1-7-4-9(12)5-8(2)11(7)18(16,17)13(3)6-10(14)15/h4-5H,6H2,1-3H3,(H,14,15). The Morgan fingerprint density at radius 3 is 2.17 bits per heavy atom. The van der Waals surface area contributed by atoms with E-state index in [2.05, 4.69) is 0 Å². The molecule has 0 fully saturated rings. The summed E-state index contributed by atoms with van der Waals surface area (Å²) >= 11 is 0. The molecule has 5 nitrogen and oxygen atoms in total. The first-order chi connectivity index (χ1) is 8.16. The maximum Gasteiger partial charge on any atom is 0.318 e. The summed E-state index contributed by atoms with van der Waals surface area (Å²) in [6, 6.07) is 2.21. The lowest BCUT2D eigenvalue weighted by Gasteiger charge is -2.18. The summed E-state index contributed by atoms with van der Waals surface area (Å²) in [6.07, 6.45) is 0. The van der Waals surface area contributed by atoms with Gasteiger partial charge in [-0.1, -0.05) is 0 Å². The van der Waals surface area contributed by atoms with E-state index in [1.807, 2.05) is 0 Å². The summed E-state index contributed by atoms with van der Waals surface area (Å²) < 4.78 is 38.2. The molecule has 18 heavy (non-hydrogen) atoms. The van der Waals surface area contributed by atoms with Crippen LogP contribution in [0.5, 0.6) is 0 Å². The van der Waals surface area contributed by atoms with Crippen molar-refractivity contribution in [3.05, 3.63) is 29.1 Å². The van der Waals surface area contributed by atoms with Crippen LogP contribution in [0.4, 0.5) is 4.39 Å². The van der Waals surface area contributed by atoms with Gasteiger partial charge in [-0.3, -0.25) is 4.79 Å². The maximum absolute atomic E-state index is 13.1. The quantitative estimate of drug-likeness (QED) is 0.894. The number of sulfonamides is 1. The van der Waals surface area contributed by atoms with E-state index in [1.54, 1.807) is 0 Å². The lowest BCUT2D eigenvalue weighted by molar-refractivity contribution is -0.137. The van der Waals surface area contributed by atoms with Crippen molar-refractivity contribution in [1.29, 1.82) is 0 Å². The zero-order valence-electron chi connectivity index (χ0n) is 10.3. The molecule has 0 aliphatic heterocycles. The maximum atomic E-state index is 13.1. The molecule has 0 atom stereocenters. The van der Waals surface area contributed by atoms with Gasteiger partial charge in [0.2, 0.25) is 10.0 Å². The first kappa shape index (κ1) is 14.6. The molecule has 0 saturated heterocycles. The van der Waals surface area contributed by atoms with Gasteiger partial charge in [0, 0.05) is 7.05 Å². The normalized spacial score (nSPS) is 11.8. The topological polar surface area (TPSA) is 74.7 Å². The van der Waals surface area contributed by atoms with E-state index in [0.717, 1.165) is 16.4 Å². The molecule has 0 spiro atoms. The highest BCUT2D eigenvalue weighted by atomic mass is 32.2. The average molecular weight is 275 g/mol. The highest BCUT2D eigenvalue weighted by Crippen LogP contribution is 2.24. The van der Waals surface area contributed by atoms with E-state index >= 15 is 0 Å². The van der Waals surface area contributed by atoms with Crippen molar-refractivity contribution in [2.75, 3.05) is 13.6 Å². The van der Waals surface area contributed by atoms with Gasteiger partial charge < -0.3 is 5.11 Å². The molecule has 1 aromatic rings. The molecule has 0 aliphatic carbocycles. The summed E-state index contributed by atoms with van der Waals surface area (Å²) in [5, 5.41) is 8.61. The average Bonchev–Trinajstić information content (AvgIpc) is 2.13. The van der Waals surface area contributed by atoms with E-state index in [4.69, 9.17) is 5.11 Å². The Balaban J connectivity index is 3.33. The van der Waals surface area contributed by atoms with Crippen LogP contribution in [0.25, 0.3) is 0 Å². The van der Waals surface area contributed by atoms with Crippen molar-refractivity contribution < 1.29 is 22.7 Å². The minimum absolute atomic E-state index is 0.0485. The fourth-order valence-electron chi connectivity index (χ4n) is 1.74. The summed E-state index contributed by atoms with van der Waals surface area (Å²) in [5.41, 5.74) is 0.509. The summed E-state index contributed by atoms with van der Waals surface area (Å²) in [7, 11) is -2.75. The number of nitrogens with zero attached hydrogens (tertiary/aromatic N) is 1. The molecule has 7 heteroatoms. The number of benzene rings is 1. The fourth-order valence-corrected chi connectivity index (χ4v) is 3.26. The van der Waals surface area contributed by atoms with Crippen LogP contribution in [0, 0.1) is 19.7 Å². The van der Waals surface area contributed by atoms with Gasteiger partial charge in [-0.2, -0.15) is 4.31 Å². The smallest absolute Gasteiger partial charge is 0.318 e. The second-order valence-electron chi connectivity index (χ2n) is 4.02. The molecule has 1 rings (SSSR count). The van der Waals surface area contributed by atoms with E-state index in [1.165, 1.54) is 20.9 Å². The van der Waals surface area contributed by atoms with Crippen molar-refractivity contribution in [3.63, 3.8) is 0 Å². The molecule has 0 radical (unpaired) electrons. The van der Waals surface area contributed by atoms with Gasteiger partial charge in [-0.15, -0.1) is 0 Å². The number of hydrogen-bond acceptors (Lipinski definition) is 3. The predicted octanol–water partition coefficient (Wildman–Crippen LogP) is 1.15. The van der Waals surface area contributed by atoms with Crippen LogP contribution in [-0.2, 0) is 14.8 Å². The molecule has 0 aromatic heterocycles. The third-order valence-corrected chi connectivity index (χ3v) is 4.56. The number of halogens is 1. The molecule has 0 heterocycles. The molecule has 100 valence electrons. The Bertz CT molecular complexity index is 560. The van der Waals surface area contributed by atoms with Crippen LogP contribution < -0.4 is 0 Å². The van der Waals surface area contributed by atoms with Crippen LogP contribution in [0.2, 0.25) is 0 Å². The molecule has 1 aromatic carbocycles. The Morgan fingerprint density at radius 1 is 1.33 bits per heavy atom. The molecule has 0 saturated carbocycles. The molecular formula is C11H14FNO4S. The van der Waals surface area contributed by atoms with Gasteiger partial charge in [0.1, 0.15) is 12.4 Å². The van der Waals surface area contributed by atoms with E-state index < -0.39 is 28.4 Å². The van der Waals surface area contributed by atoms with Crippen molar-refractivity contribution in [1.82, 2.24) is 4.31 Å². The molecule has 0 amide bonds. The molecule has 1 N–H and O–H groups in total. The molecular weight excluding hydrogens is 261 g/mol. The van der Waals surface area contributed by atoms with Crippen LogP contribution in [0.15, 0.2) is 17.0 Å². The SMILES string of the molecule is Cc1cc(F)cc(C)c1S(=O)(=O)N(C)CC(=O)O. The van der Waals surface area contributed by atoms with E-state index in [0.29, 0.717) is 0 Å². The minimum Gasteiger partial charge on any atom is -0.480 e. The largest absolute Gasteiger partial charge is 0.480 e. The Morgan fingerprint density at radius 2 is 1.78 bits per heavy atom. The predicted molar refractivity (Wildman–Crippen MR) is 63.3 cm³/mol. The number of aliphatic carboxylic acids is 1. The molecule has 0 bridgehead atoms. The number of carboxylic acids is 1. The molecule has 0 unspecified atom stereocenters. The number of carbonyl (C=O) groups is 1. The molecule has 0 aliphatic rings. The van der Waals surface area contributed by atoms with Gasteiger partial charge in [0.15, 0.2) is 0 Å². The van der Waals surface area contributed by atoms with Gasteiger partial charge in [0.05, 0.1) is 4.90 Å². The summed E-state index contributed by atoms with van der Waals surface area (Å²) in [6.45, 7) is 2.30. The first-order valence-electron chi connectivity index (χ1n) is 5.11. The van der Waals surface area contributed by atoms with Crippen LogP contribution in [0.3, 0.4) is 0 Å². The number of likely N-dealkylation sites (N-methyl/N-ethyl adjacent to an activating group) is 1.